The van der Waals surface area contributed by atoms with Gasteiger partial charge in [-0.25, -0.2) is 0 Å². The molecule has 0 aliphatic rings. The van der Waals surface area contributed by atoms with Gasteiger partial charge in [-0.2, -0.15) is 26.3 Å². The van der Waals surface area contributed by atoms with Crippen molar-refractivity contribution in [2.45, 2.75) is 51.9 Å². The number of para-hydroxylation sites is 4. The number of anilines is 6. The number of hydrogen-bond donors (Lipinski definition) is 0. The zero-order chi connectivity index (χ0) is 48.1. The lowest BCUT2D eigenvalue weighted by Gasteiger charge is -2.29. The molecule has 12 aromatic rings. The highest BCUT2D eigenvalue weighted by Gasteiger charge is 2.33. The van der Waals surface area contributed by atoms with Gasteiger partial charge >= 0.3 is 12.4 Å². The minimum atomic E-state index is -4.54. The molecule has 0 aliphatic heterocycles. The molecular formula is C60H42F6N2O2. The van der Waals surface area contributed by atoms with Gasteiger partial charge in [0.05, 0.1) is 33.9 Å². The third-order valence-corrected chi connectivity index (χ3v) is 13.7. The first-order chi connectivity index (χ1) is 33.9. The maximum absolute atomic E-state index is 14.1. The predicted molar refractivity (Wildman–Crippen MR) is 272 cm³/mol. The smallest absolute Gasteiger partial charge is 0.416 e. The molecule has 0 aliphatic carbocycles. The Kier molecular flexibility index (Phi) is 10.1. The van der Waals surface area contributed by atoms with E-state index in [9.17, 15) is 26.3 Å². The van der Waals surface area contributed by atoms with Crippen LogP contribution in [0.3, 0.4) is 0 Å². The topological polar surface area (TPSA) is 32.8 Å². The number of halogens is 6. The van der Waals surface area contributed by atoms with Crippen molar-refractivity contribution < 1.29 is 35.2 Å². The molecule has 2 aromatic heterocycles. The Morgan fingerprint density at radius 3 is 1.09 bits per heavy atom. The van der Waals surface area contributed by atoms with E-state index in [0.29, 0.717) is 45.3 Å². The Morgan fingerprint density at radius 2 is 0.714 bits per heavy atom. The van der Waals surface area contributed by atoms with Crippen molar-refractivity contribution in [1.29, 1.82) is 0 Å². The van der Waals surface area contributed by atoms with Gasteiger partial charge in [-0.3, -0.25) is 0 Å². The summed E-state index contributed by atoms with van der Waals surface area (Å²) >= 11 is 0. The first kappa shape index (κ1) is 43.3. The van der Waals surface area contributed by atoms with E-state index in [0.717, 1.165) is 126 Å². The molecule has 0 radical (unpaired) electrons. The molecule has 10 heteroatoms. The molecule has 2 heterocycles. The standard InChI is InChI=1S/C60H42F6N2O2/c1-3-9-37-11-5-13-43-45-15-7-17-51(57(45)69-55(37)43)67(41-27-23-39(24-28-41)59(61,62)63)49-33-21-35-20-32-48-50(34-22-36-19-31-47(49)53(35)54(36)48)68(42-29-25-40(26-30-42)60(64,65)66)52-18-8-16-46-44-14-6-12-38(10-4-2)56(44)70-58(46)52/h5-8,11-34H,3-4,9-10H2,1-2H3. The van der Waals surface area contributed by atoms with Crippen LogP contribution in [0.25, 0.3) is 76.2 Å². The summed E-state index contributed by atoms with van der Waals surface area (Å²) in [4.78, 5) is 3.95. The van der Waals surface area contributed by atoms with Crippen LogP contribution in [0.15, 0.2) is 179 Å². The summed E-state index contributed by atoms with van der Waals surface area (Å²) in [7, 11) is 0. The van der Waals surface area contributed by atoms with Crippen LogP contribution in [0, 0.1) is 0 Å². The van der Waals surface area contributed by atoms with Crippen LogP contribution in [0.1, 0.15) is 48.9 Å². The van der Waals surface area contributed by atoms with Gasteiger partial charge in [-0.1, -0.05) is 124 Å². The number of fused-ring (bicyclic) bond motifs is 6. The quantitative estimate of drug-likeness (QED) is 0.101. The number of furan rings is 2. The lowest BCUT2D eigenvalue weighted by Crippen LogP contribution is -2.13. The Hall–Kier alpha value is -7.98. The maximum atomic E-state index is 14.1. The first-order valence-electron chi connectivity index (χ1n) is 23.4. The van der Waals surface area contributed by atoms with E-state index >= 15 is 0 Å². The molecule has 0 amide bonds. The lowest BCUT2D eigenvalue weighted by atomic mass is 9.91. The number of rotatable bonds is 10. The second kappa shape index (κ2) is 16.3. The van der Waals surface area contributed by atoms with E-state index in [1.165, 1.54) is 24.3 Å². The van der Waals surface area contributed by atoms with E-state index < -0.39 is 23.5 Å². The van der Waals surface area contributed by atoms with Crippen LogP contribution < -0.4 is 9.80 Å². The van der Waals surface area contributed by atoms with Crippen LogP contribution in [-0.4, -0.2) is 0 Å². The van der Waals surface area contributed by atoms with Gasteiger partial charge in [0.2, 0.25) is 0 Å². The number of hydrogen-bond acceptors (Lipinski definition) is 4. The number of nitrogens with zero attached hydrogens (tertiary/aromatic N) is 2. The Labute approximate surface area is 397 Å². The van der Waals surface area contributed by atoms with Crippen LogP contribution in [0.2, 0.25) is 0 Å². The van der Waals surface area contributed by atoms with Gasteiger partial charge in [0.1, 0.15) is 11.2 Å². The summed E-state index contributed by atoms with van der Waals surface area (Å²) in [6.07, 6.45) is -5.60. The highest BCUT2D eigenvalue weighted by Crippen LogP contribution is 2.51. The molecule has 0 unspecified atom stereocenters. The Morgan fingerprint density at radius 1 is 0.357 bits per heavy atom. The van der Waals surface area contributed by atoms with Gasteiger partial charge in [0, 0.05) is 43.7 Å². The first-order valence-corrected chi connectivity index (χ1v) is 23.4. The zero-order valence-electron chi connectivity index (χ0n) is 38.0. The normalized spacial score (nSPS) is 12.5. The molecule has 346 valence electrons. The SMILES string of the molecule is CCCc1cccc2c1oc1c(N(c3ccc(C(F)(F)F)cc3)c3ccc4ccc5c(N(c6ccc(C(F)(F)F)cc6)c6cccc7c6oc6c(CCC)cccc67)ccc6ccc3c4c65)cccc12. The highest BCUT2D eigenvalue weighted by molar-refractivity contribution is 6.28. The fourth-order valence-corrected chi connectivity index (χ4v) is 10.6. The number of benzene rings is 10. The molecular weight excluding hydrogens is 895 g/mol. The zero-order valence-corrected chi connectivity index (χ0v) is 38.0. The largest absolute Gasteiger partial charge is 0.454 e. The molecule has 0 bridgehead atoms. The molecule has 0 atom stereocenters. The molecule has 0 N–H and O–H groups in total. The Balaban J connectivity index is 1.12. The van der Waals surface area contributed by atoms with E-state index in [1.54, 1.807) is 0 Å². The summed E-state index contributed by atoms with van der Waals surface area (Å²) in [6.45, 7) is 4.23. The van der Waals surface area contributed by atoms with Crippen molar-refractivity contribution in [2.24, 2.45) is 0 Å². The molecule has 0 saturated carbocycles. The van der Waals surface area contributed by atoms with Gasteiger partial charge < -0.3 is 18.6 Å². The third-order valence-electron chi connectivity index (χ3n) is 13.7. The van der Waals surface area contributed by atoms with Gasteiger partial charge in [0.25, 0.3) is 0 Å². The van der Waals surface area contributed by atoms with E-state index in [1.807, 2.05) is 119 Å². The minimum absolute atomic E-state index is 0.500. The summed E-state index contributed by atoms with van der Waals surface area (Å²) in [5, 5.41) is 9.01. The summed E-state index contributed by atoms with van der Waals surface area (Å²) in [5.74, 6) is 0. The minimum Gasteiger partial charge on any atom is -0.454 e. The lowest BCUT2D eigenvalue weighted by molar-refractivity contribution is -0.138. The van der Waals surface area contributed by atoms with Gasteiger partial charge in [-0.15, -0.1) is 0 Å². The monoisotopic (exact) mass is 936 g/mol. The summed E-state index contributed by atoms with van der Waals surface area (Å²) in [6, 6.07) is 50.6. The molecule has 0 saturated heterocycles. The van der Waals surface area contributed by atoms with Crippen molar-refractivity contribution in [3.63, 3.8) is 0 Å². The van der Waals surface area contributed by atoms with Gasteiger partial charge in [0.15, 0.2) is 11.2 Å². The highest BCUT2D eigenvalue weighted by atomic mass is 19.4. The molecule has 70 heavy (non-hydrogen) atoms. The van der Waals surface area contributed by atoms with Crippen molar-refractivity contribution in [3.05, 3.63) is 192 Å². The van der Waals surface area contributed by atoms with Crippen LogP contribution in [-0.2, 0) is 25.2 Å². The molecule has 0 spiro atoms. The molecule has 10 aromatic carbocycles. The van der Waals surface area contributed by atoms with Gasteiger partial charge in [-0.05, 0) is 118 Å². The van der Waals surface area contributed by atoms with Crippen LogP contribution in [0.4, 0.5) is 60.5 Å². The molecule has 0 fully saturated rings. The summed E-state index contributed by atoms with van der Waals surface area (Å²) < 4.78 is 98.2. The van der Waals surface area contributed by atoms with Crippen molar-refractivity contribution in [3.8, 4) is 0 Å². The van der Waals surface area contributed by atoms with E-state index in [2.05, 4.69) is 26.0 Å². The average molecular weight is 937 g/mol. The van der Waals surface area contributed by atoms with E-state index in [4.69, 9.17) is 8.83 Å². The Bertz CT molecular complexity index is 3700. The van der Waals surface area contributed by atoms with Crippen LogP contribution >= 0.6 is 0 Å². The second-order valence-electron chi connectivity index (χ2n) is 18.0. The maximum Gasteiger partial charge on any atom is 0.416 e. The number of alkyl halides is 6. The van der Waals surface area contributed by atoms with Crippen molar-refractivity contribution >= 4 is 110 Å². The average Bonchev–Trinajstić information content (AvgIpc) is 3.95. The number of aryl methyl sites for hydroxylation is 2. The third kappa shape index (κ3) is 6.90. The van der Waals surface area contributed by atoms with E-state index in [-0.39, 0.29) is 0 Å². The van der Waals surface area contributed by atoms with Crippen molar-refractivity contribution in [1.82, 2.24) is 0 Å². The predicted octanol–water partition coefficient (Wildman–Crippen LogP) is 19.3. The second-order valence-corrected chi connectivity index (χ2v) is 18.0. The van der Waals surface area contributed by atoms with Crippen LogP contribution in [0.5, 0.6) is 0 Å². The fourth-order valence-electron chi connectivity index (χ4n) is 10.6. The fraction of sp³-hybridized carbons (Fsp3) is 0.133. The van der Waals surface area contributed by atoms with Crippen molar-refractivity contribution in [2.75, 3.05) is 9.80 Å². The molecule has 12 rings (SSSR count). The molecule has 4 nitrogen and oxygen atoms in total. The summed E-state index contributed by atoms with van der Waals surface area (Å²) in [5.41, 5.74) is 7.11.